The minimum atomic E-state index is -0.787. The van der Waals surface area contributed by atoms with Gasteiger partial charge < -0.3 is 5.73 Å². The summed E-state index contributed by atoms with van der Waals surface area (Å²) in [5.41, 5.74) is 6.26. The van der Waals surface area contributed by atoms with E-state index in [4.69, 9.17) is 17.3 Å². The molecule has 0 fully saturated rings. The molecule has 0 aliphatic carbocycles. The quantitative estimate of drug-likeness (QED) is 0.625. The molecule has 0 bridgehead atoms. The van der Waals surface area contributed by atoms with E-state index in [1.807, 2.05) is 0 Å². The van der Waals surface area contributed by atoms with Crippen molar-refractivity contribution < 1.29 is 8.78 Å². The van der Waals surface area contributed by atoms with Gasteiger partial charge in [-0.2, -0.15) is 0 Å². The third-order valence-corrected chi connectivity index (χ3v) is 2.31. The van der Waals surface area contributed by atoms with Crippen LogP contribution < -0.4 is 5.73 Å². The second-order valence-electron chi connectivity index (χ2n) is 3.52. The van der Waals surface area contributed by atoms with Crippen LogP contribution in [0.1, 0.15) is 24.9 Å². The average Bonchev–Trinajstić information content (AvgIpc) is 2.11. The highest BCUT2D eigenvalue weighted by Crippen LogP contribution is 2.27. The first-order valence-corrected chi connectivity index (χ1v) is 4.84. The van der Waals surface area contributed by atoms with Gasteiger partial charge in [-0.05, 0) is 25.5 Å². The lowest BCUT2D eigenvalue weighted by Crippen LogP contribution is -2.14. The molecule has 15 heavy (non-hydrogen) atoms. The van der Waals surface area contributed by atoms with Crippen LogP contribution in [0.3, 0.4) is 0 Å². The lowest BCUT2D eigenvalue weighted by Gasteiger charge is -2.14. The minimum Gasteiger partial charge on any atom is -0.324 e. The molecule has 0 aliphatic rings. The average molecular weight is 232 g/mol. The summed E-state index contributed by atoms with van der Waals surface area (Å²) in [6, 6.07) is 1.53. The Morgan fingerprint density at radius 1 is 1.53 bits per heavy atom. The van der Waals surface area contributed by atoms with Gasteiger partial charge in [-0.25, -0.2) is 8.78 Å². The van der Waals surface area contributed by atoms with Crippen molar-refractivity contribution in [3.05, 3.63) is 46.5 Å². The summed E-state index contributed by atoms with van der Waals surface area (Å²) in [4.78, 5) is 0. The van der Waals surface area contributed by atoms with E-state index < -0.39 is 17.7 Å². The molecule has 0 spiro atoms. The van der Waals surface area contributed by atoms with Gasteiger partial charge in [-0.15, -0.1) is 6.58 Å². The molecule has 0 unspecified atom stereocenters. The van der Waals surface area contributed by atoms with Gasteiger partial charge in [0.05, 0.1) is 5.02 Å². The number of nitrogens with two attached hydrogens (primary N) is 1. The Bertz CT molecular complexity index is 390. The zero-order chi connectivity index (χ0) is 11.6. The minimum absolute atomic E-state index is 0.122. The van der Waals surface area contributed by atoms with Crippen LogP contribution in [-0.4, -0.2) is 0 Å². The van der Waals surface area contributed by atoms with E-state index in [1.165, 1.54) is 6.07 Å². The normalized spacial score (nSPS) is 12.6. The number of hydrogen-bond acceptors (Lipinski definition) is 1. The van der Waals surface area contributed by atoms with E-state index in [2.05, 4.69) is 6.58 Å². The van der Waals surface area contributed by atoms with E-state index in [9.17, 15) is 8.78 Å². The Kier molecular flexibility index (Phi) is 3.83. The summed E-state index contributed by atoms with van der Waals surface area (Å²) in [5, 5.41) is -0.122. The molecule has 0 amide bonds. The van der Waals surface area contributed by atoms with Crippen LogP contribution in [0.25, 0.3) is 0 Å². The summed E-state index contributed by atoms with van der Waals surface area (Å²) in [5.74, 6) is -1.46. The zero-order valence-electron chi connectivity index (χ0n) is 8.36. The van der Waals surface area contributed by atoms with Crippen molar-refractivity contribution in [3.8, 4) is 0 Å². The number of benzene rings is 1. The number of hydrogen-bond donors (Lipinski definition) is 1. The molecule has 0 aromatic heterocycles. The molecule has 0 saturated heterocycles. The van der Waals surface area contributed by atoms with Gasteiger partial charge in [-0.3, -0.25) is 0 Å². The second kappa shape index (κ2) is 4.73. The second-order valence-corrected chi connectivity index (χ2v) is 3.93. The van der Waals surface area contributed by atoms with Gasteiger partial charge in [-0.1, -0.05) is 17.2 Å². The van der Waals surface area contributed by atoms with Crippen LogP contribution in [0.15, 0.2) is 24.3 Å². The fourth-order valence-electron chi connectivity index (χ4n) is 1.36. The van der Waals surface area contributed by atoms with Crippen LogP contribution in [0.2, 0.25) is 5.02 Å². The molecule has 1 atom stereocenters. The molecule has 1 aromatic carbocycles. The Morgan fingerprint density at radius 3 is 2.67 bits per heavy atom. The van der Waals surface area contributed by atoms with E-state index in [1.54, 1.807) is 6.92 Å². The predicted octanol–water partition coefficient (Wildman–Crippen LogP) is 3.58. The highest BCUT2D eigenvalue weighted by atomic mass is 35.5. The third-order valence-electron chi connectivity index (χ3n) is 2.02. The van der Waals surface area contributed by atoms with Gasteiger partial charge in [0.15, 0.2) is 0 Å². The van der Waals surface area contributed by atoms with Crippen LogP contribution in [0.4, 0.5) is 8.78 Å². The Labute approximate surface area is 92.5 Å². The van der Waals surface area contributed by atoms with E-state index in [0.717, 1.165) is 11.6 Å². The first-order valence-electron chi connectivity index (χ1n) is 4.46. The predicted molar refractivity (Wildman–Crippen MR) is 57.7 cm³/mol. The van der Waals surface area contributed by atoms with Crippen LogP contribution >= 0.6 is 11.6 Å². The van der Waals surface area contributed by atoms with Crippen molar-refractivity contribution >= 4 is 11.6 Å². The van der Waals surface area contributed by atoms with Gasteiger partial charge >= 0.3 is 0 Å². The maximum atomic E-state index is 13.5. The van der Waals surface area contributed by atoms with Gasteiger partial charge in [0, 0.05) is 11.6 Å². The summed E-state index contributed by atoms with van der Waals surface area (Å²) >= 11 is 5.55. The molecular formula is C11H12ClF2N. The van der Waals surface area contributed by atoms with Crippen LogP contribution in [0, 0.1) is 11.6 Å². The van der Waals surface area contributed by atoms with Gasteiger partial charge in [0.1, 0.15) is 11.6 Å². The first-order chi connectivity index (χ1) is 6.93. The van der Waals surface area contributed by atoms with Crippen molar-refractivity contribution in [2.75, 3.05) is 0 Å². The van der Waals surface area contributed by atoms with Crippen molar-refractivity contribution in [2.24, 2.45) is 5.73 Å². The SMILES string of the molecule is C=C(C)C[C@@H](N)c1c(F)ccc(Cl)c1F. The molecule has 0 aliphatic heterocycles. The van der Waals surface area contributed by atoms with Crippen LogP contribution in [0.5, 0.6) is 0 Å². The van der Waals surface area contributed by atoms with Crippen molar-refractivity contribution in [3.63, 3.8) is 0 Å². The smallest absolute Gasteiger partial charge is 0.149 e. The summed E-state index contributed by atoms with van der Waals surface area (Å²) in [6.45, 7) is 5.39. The van der Waals surface area contributed by atoms with Crippen LogP contribution in [-0.2, 0) is 0 Å². The standard InChI is InChI=1S/C11H12ClF2N/c1-6(2)5-9(15)10-8(13)4-3-7(12)11(10)14/h3-4,9H,1,5,15H2,2H3/t9-/m1/s1. The van der Waals surface area contributed by atoms with Crippen molar-refractivity contribution in [2.45, 2.75) is 19.4 Å². The fourth-order valence-corrected chi connectivity index (χ4v) is 1.52. The molecular weight excluding hydrogens is 220 g/mol. The van der Waals surface area contributed by atoms with E-state index >= 15 is 0 Å². The molecule has 2 N–H and O–H groups in total. The molecule has 4 heteroatoms. The topological polar surface area (TPSA) is 26.0 Å². The van der Waals surface area contributed by atoms with Crippen molar-refractivity contribution in [1.29, 1.82) is 0 Å². The molecule has 0 saturated carbocycles. The molecule has 1 nitrogen and oxygen atoms in total. The largest absolute Gasteiger partial charge is 0.324 e. The van der Waals surface area contributed by atoms with E-state index in [0.29, 0.717) is 6.42 Å². The van der Waals surface area contributed by atoms with Gasteiger partial charge in [0.2, 0.25) is 0 Å². The number of halogens is 3. The summed E-state index contributed by atoms with van der Waals surface area (Å²) in [6.07, 6.45) is 0.328. The summed E-state index contributed by atoms with van der Waals surface area (Å²) in [7, 11) is 0. The molecule has 1 rings (SSSR count). The summed E-state index contributed by atoms with van der Waals surface area (Å²) < 4.78 is 26.8. The lowest BCUT2D eigenvalue weighted by atomic mass is 10.0. The fraction of sp³-hybridized carbons (Fsp3) is 0.273. The zero-order valence-corrected chi connectivity index (χ0v) is 9.11. The first kappa shape index (κ1) is 12.1. The third kappa shape index (κ3) is 2.76. The maximum absolute atomic E-state index is 13.5. The maximum Gasteiger partial charge on any atom is 0.149 e. The Hall–Kier alpha value is -0.930. The molecule has 0 heterocycles. The monoisotopic (exact) mass is 231 g/mol. The lowest BCUT2D eigenvalue weighted by molar-refractivity contribution is 0.524. The highest BCUT2D eigenvalue weighted by Gasteiger charge is 2.18. The Balaban J connectivity index is 3.12. The number of rotatable bonds is 3. The van der Waals surface area contributed by atoms with Gasteiger partial charge in [0.25, 0.3) is 0 Å². The molecule has 82 valence electrons. The van der Waals surface area contributed by atoms with E-state index in [-0.39, 0.29) is 10.6 Å². The Morgan fingerprint density at radius 2 is 2.13 bits per heavy atom. The molecule has 0 radical (unpaired) electrons. The highest BCUT2D eigenvalue weighted by molar-refractivity contribution is 6.30. The van der Waals surface area contributed by atoms with Crippen molar-refractivity contribution in [1.82, 2.24) is 0 Å². The molecule has 1 aromatic rings.